The molecule has 0 saturated heterocycles. The minimum Gasteiger partial charge on any atom is -0.493 e. The van der Waals surface area contributed by atoms with Gasteiger partial charge in [-0.3, -0.25) is 16.0 Å². The van der Waals surface area contributed by atoms with Crippen LogP contribution in [0.5, 0.6) is 5.75 Å². The molecule has 1 unspecified atom stereocenters. The SMILES string of the molecule is COc1cnn(CCN(C)C)c1C(CCN(C)C)NN. The molecular weight excluding hydrogens is 256 g/mol. The van der Waals surface area contributed by atoms with Crippen LogP contribution in [-0.4, -0.2) is 68.0 Å². The zero-order valence-corrected chi connectivity index (χ0v) is 13.3. The number of nitrogens with two attached hydrogens (primary N) is 1. The van der Waals surface area contributed by atoms with E-state index in [1.165, 1.54) is 0 Å². The quantitative estimate of drug-likeness (QED) is 0.488. The Kier molecular flexibility index (Phi) is 6.94. The molecule has 0 fully saturated rings. The summed E-state index contributed by atoms with van der Waals surface area (Å²) < 4.78 is 7.39. The molecule has 0 aliphatic rings. The second-order valence-corrected chi connectivity index (χ2v) is 5.44. The van der Waals surface area contributed by atoms with Crippen molar-refractivity contribution in [3.05, 3.63) is 11.9 Å². The second-order valence-electron chi connectivity index (χ2n) is 5.44. The fraction of sp³-hybridized carbons (Fsp3) is 0.769. The van der Waals surface area contributed by atoms with E-state index in [1.807, 2.05) is 32.9 Å². The number of nitrogens with one attached hydrogen (secondary N) is 1. The van der Waals surface area contributed by atoms with E-state index in [4.69, 9.17) is 10.6 Å². The molecule has 0 bridgehead atoms. The van der Waals surface area contributed by atoms with Crippen LogP contribution in [0.4, 0.5) is 0 Å². The lowest BCUT2D eigenvalue weighted by molar-refractivity contribution is 0.329. The first-order valence-corrected chi connectivity index (χ1v) is 6.84. The van der Waals surface area contributed by atoms with Crippen molar-refractivity contribution in [2.75, 3.05) is 48.4 Å². The van der Waals surface area contributed by atoms with Crippen molar-refractivity contribution < 1.29 is 4.74 Å². The summed E-state index contributed by atoms with van der Waals surface area (Å²) in [6.45, 7) is 2.67. The van der Waals surface area contributed by atoms with Gasteiger partial charge in [-0.25, -0.2) is 0 Å². The molecule has 116 valence electrons. The lowest BCUT2D eigenvalue weighted by Gasteiger charge is -2.21. The number of hydrazine groups is 1. The Balaban J connectivity index is 2.89. The number of aromatic nitrogens is 2. The van der Waals surface area contributed by atoms with Gasteiger partial charge in [0.15, 0.2) is 5.75 Å². The third kappa shape index (κ3) is 4.75. The predicted octanol–water partition coefficient (Wildman–Crippen LogP) is -0.0906. The Morgan fingerprint density at radius 3 is 2.45 bits per heavy atom. The highest BCUT2D eigenvalue weighted by molar-refractivity contribution is 5.28. The molecule has 0 spiro atoms. The van der Waals surface area contributed by atoms with Crippen molar-refractivity contribution in [2.24, 2.45) is 5.84 Å². The molecule has 7 nitrogen and oxygen atoms in total. The topological polar surface area (TPSA) is 71.6 Å². The van der Waals surface area contributed by atoms with Crippen molar-refractivity contribution in [3.8, 4) is 5.75 Å². The highest BCUT2D eigenvalue weighted by atomic mass is 16.5. The van der Waals surface area contributed by atoms with E-state index >= 15 is 0 Å². The van der Waals surface area contributed by atoms with Crippen molar-refractivity contribution in [1.82, 2.24) is 25.0 Å². The van der Waals surface area contributed by atoms with Crippen LogP contribution < -0.4 is 16.0 Å². The Bertz CT molecular complexity index is 390. The van der Waals surface area contributed by atoms with Crippen molar-refractivity contribution in [3.63, 3.8) is 0 Å². The summed E-state index contributed by atoms with van der Waals surface area (Å²) in [5.41, 5.74) is 3.89. The van der Waals surface area contributed by atoms with E-state index in [-0.39, 0.29) is 6.04 Å². The molecule has 1 atom stereocenters. The van der Waals surface area contributed by atoms with Crippen LogP contribution >= 0.6 is 0 Å². The second kappa shape index (κ2) is 8.21. The van der Waals surface area contributed by atoms with Gasteiger partial charge >= 0.3 is 0 Å². The Hall–Kier alpha value is -1.15. The maximum absolute atomic E-state index is 5.72. The number of nitrogens with zero attached hydrogens (tertiary/aromatic N) is 4. The first kappa shape index (κ1) is 16.9. The number of likely N-dealkylation sites (N-methyl/N-ethyl adjacent to an activating group) is 1. The molecule has 1 heterocycles. The Morgan fingerprint density at radius 2 is 1.95 bits per heavy atom. The molecule has 0 aliphatic carbocycles. The summed E-state index contributed by atoms with van der Waals surface area (Å²) in [6, 6.07) is 0.0250. The number of hydrogen-bond acceptors (Lipinski definition) is 6. The summed E-state index contributed by atoms with van der Waals surface area (Å²) in [7, 11) is 9.86. The first-order valence-electron chi connectivity index (χ1n) is 6.84. The molecule has 7 heteroatoms. The van der Waals surface area contributed by atoms with Crippen LogP contribution in [0, 0.1) is 0 Å². The van der Waals surface area contributed by atoms with Gasteiger partial charge in [0.2, 0.25) is 0 Å². The number of ether oxygens (including phenoxy) is 1. The average Bonchev–Trinajstić information content (AvgIpc) is 2.80. The lowest BCUT2D eigenvalue weighted by atomic mass is 10.1. The van der Waals surface area contributed by atoms with Crippen LogP contribution in [-0.2, 0) is 6.54 Å². The van der Waals surface area contributed by atoms with Gasteiger partial charge in [0.05, 0.1) is 31.6 Å². The number of methoxy groups -OCH3 is 1. The average molecular weight is 284 g/mol. The molecule has 20 heavy (non-hydrogen) atoms. The van der Waals surface area contributed by atoms with Gasteiger partial charge in [-0.05, 0) is 41.2 Å². The first-order chi connectivity index (χ1) is 9.49. The minimum atomic E-state index is 0.0250. The molecule has 1 aromatic rings. The van der Waals surface area contributed by atoms with E-state index in [0.717, 1.165) is 37.5 Å². The number of hydrogen-bond donors (Lipinski definition) is 2. The zero-order valence-electron chi connectivity index (χ0n) is 13.3. The van der Waals surface area contributed by atoms with Crippen LogP contribution in [0.2, 0.25) is 0 Å². The third-order valence-corrected chi connectivity index (χ3v) is 3.22. The molecule has 0 aliphatic heterocycles. The third-order valence-electron chi connectivity index (χ3n) is 3.22. The smallest absolute Gasteiger partial charge is 0.161 e. The van der Waals surface area contributed by atoms with E-state index in [0.29, 0.717) is 0 Å². The van der Waals surface area contributed by atoms with Crippen LogP contribution in [0.15, 0.2) is 6.20 Å². The fourth-order valence-corrected chi connectivity index (χ4v) is 2.05. The lowest BCUT2D eigenvalue weighted by Crippen LogP contribution is -2.33. The summed E-state index contributed by atoms with van der Waals surface area (Å²) in [5.74, 6) is 6.51. The van der Waals surface area contributed by atoms with Gasteiger partial charge in [-0.1, -0.05) is 0 Å². The van der Waals surface area contributed by atoms with Gasteiger partial charge in [-0.2, -0.15) is 5.10 Å². The highest BCUT2D eigenvalue weighted by Gasteiger charge is 2.21. The Labute approximate surface area is 121 Å². The van der Waals surface area contributed by atoms with Gasteiger partial charge in [0, 0.05) is 6.54 Å². The normalized spacial score (nSPS) is 13.2. The molecule has 3 N–H and O–H groups in total. The molecule has 0 radical (unpaired) electrons. The van der Waals surface area contributed by atoms with E-state index in [1.54, 1.807) is 13.3 Å². The largest absolute Gasteiger partial charge is 0.493 e. The maximum atomic E-state index is 5.72. The van der Waals surface area contributed by atoms with E-state index in [2.05, 4.69) is 20.3 Å². The molecule has 1 rings (SSSR count). The number of rotatable bonds is 9. The summed E-state index contributed by atoms with van der Waals surface area (Å²) >= 11 is 0. The summed E-state index contributed by atoms with van der Waals surface area (Å²) in [4.78, 5) is 4.26. The molecule has 0 aromatic carbocycles. The van der Waals surface area contributed by atoms with E-state index < -0.39 is 0 Å². The van der Waals surface area contributed by atoms with Crippen molar-refractivity contribution in [2.45, 2.75) is 19.0 Å². The summed E-state index contributed by atoms with van der Waals surface area (Å²) in [6.07, 6.45) is 2.65. The fourth-order valence-electron chi connectivity index (χ4n) is 2.05. The molecule has 0 amide bonds. The van der Waals surface area contributed by atoms with Crippen LogP contribution in [0.3, 0.4) is 0 Å². The van der Waals surface area contributed by atoms with Crippen LogP contribution in [0.1, 0.15) is 18.2 Å². The summed E-state index contributed by atoms with van der Waals surface area (Å²) in [5, 5.41) is 4.41. The molecular formula is C13H28N6O. The van der Waals surface area contributed by atoms with Gasteiger partial charge < -0.3 is 14.5 Å². The zero-order chi connectivity index (χ0) is 15.1. The monoisotopic (exact) mass is 284 g/mol. The molecule has 1 aromatic heterocycles. The Morgan fingerprint density at radius 1 is 1.30 bits per heavy atom. The standard InChI is InChI=1S/C13H28N6O/c1-17(2)7-6-11(16-14)13-12(20-5)10-15-19(13)9-8-18(3)4/h10-11,16H,6-9,14H2,1-5H3. The van der Waals surface area contributed by atoms with Crippen molar-refractivity contribution >= 4 is 0 Å². The maximum Gasteiger partial charge on any atom is 0.161 e. The van der Waals surface area contributed by atoms with Gasteiger partial charge in [0.1, 0.15) is 0 Å². The van der Waals surface area contributed by atoms with E-state index in [9.17, 15) is 0 Å². The molecule has 0 saturated carbocycles. The minimum absolute atomic E-state index is 0.0250. The predicted molar refractivity (Wildman–Crippen MR) is 80.6 cm³/mol. The van der Waals surface area contributed by atoms with Crippen molar-refractivity contribution in [1.29, 1.82) is 0 Å². The highest BCUT2D eigenvalue weighted by Crippen LogP contribution is 2.26. The van der Waals surface area contributed by atoms with Crippen LogP contribution in [0.25, 0.3) is 0 Å². The van der Waals surface area contributed by atoms with Gasteiger partial charge in [0.25, 0.3) is 0 Å². The van der Waals surface area contributed by atoms with Gasteiger partial charge in [-0.15, -0.1) is 0 Å².